The van der Waals surface area contributed by atoms with Crippen molar-refractivity contribution in [2.75, 3.05) is 16.3 Å². The number of halogens is 1. The number of para-hydroxylation sites is 2. The summed E-state index contributed by atoms with van der Waals surface area (Å²) >= 11 is 3.64. The molecule has 2 aliphatic heterocycles. The molecule has 1 fully saturated rings. The number of aromatic nitrogens is 1. The Morgan fingerprint density at radius 1 is 0.970 bits per heavy atom. The van der Waals surface area contributed by atoms with Gasteiger partial charge in [0, 0.05) is 47.6 Å². The van der Waals surface area contributed by atoms with Gasteiger partial charge in [-0.05, 0) is 67.3 Å². The zero-order valence-corrected chi connectivity index (χ0v) is 20.6. The van der Waals surface area contributed by atoms with Crippen molar-refractivity contribution < 1.29 is 0 Å². The first-order valence-electron chi connectivity index (χ1n) is 11.9. The lowest BCUT2D eigenvalue weighted by Crippen LogP contribution is -2.32. The van der Waals surface area contributed by atoms with Crippen LogP contribution in [0, 0.1) is 6.92 Å². The van der Waals surface area contributed by atoms with E-state index >= 15 is 0 Å². The summed E-state index contributed by atoms with van der Waals surface area (Å²) in [7, 11) is 0. The Morgan fingerprint density at radius 3 is 2.64 bits per heavy atom. The second-order valence-corrected chi connectivity index (χ2v) is 10.4. The molecule has 0 N–H and O–H groups in total. The summed E-state index contributed by atoms with van der Waals surface area (Å²) in [6.45, 7) is 5.01. The first kappa shape index (κ1) is 20.7. The minimum absolute atomic E-state index is 0.504. The SMILES string of the molecule is Cc1ccc(CN2Cc3cc4cc(Br)ccc4nc3CC3CCCN3c3ccccc32)cc1. The molecule has 3 heterocycles. The monoisotopic (exact) mass is 497 g/mol. The maximum Gasteiger partial charge on any atom is 0.0706 e. The number of fused-ring (bicyclic) bond motifs is 5. The lowest BCUT2D eigenvalue weighted by Gasteiger charge is -2.32. The molecule has 0 bridgehead atoms. The van der Waals surface area contributed by atoms with Crippen molar-refractivity contribution >= 4 is 38.2 Å². The Hall–Kier alpha value is -2.85. The van der Waals surface area contributed by atoms with Gasteiger partial charge in [0.05, 0.1) is 16.9 Å². The van der Waals surface area contributed by atoms with Crippen molar-refractivity contribution in [2.24, 2.45) is 0 Å². The van der Waals surface area contributed by atoms with E-state index in [0.717, 1.165) is 36.0 Å². The van der Waals surface area contributed by atoms with Gasteiger partial charge >= 0.3 is 0 Å². The fraction of sp³-hybridized carbons (Fsp3) is 0.276. The number of rotatable bonds is 2. The Balaban J connectivity index is 1.51. The first-order chi connectivity index (χ1) is 16.1. The van der Waals surface area contributed by atoms with Crippen LogP contribution in [0.3, 0.4) is 0 Å². The summed E-state index contributed by atoms with van der Waals surface area (Å²) in [5, 5.41) is 1.20. The standard InChI is InChI=1S/C29H28BrN3/c1-20-8-10-21(11-9-20)18-32-19-23-15-22-16-24(30)12-13-26(22)31-27(23)17-25-5-4-14-33(25)29-7-3-2-6-28(29)32/h2-3,6-13,15-16,25H,4-5,14,17-19H2,1H3. The highest BCUT2D eigenvalue weighted by atomic mass is 79.9. The normalized spacial score (nSPS) is 17.7. The average Bonchev–Trinajstić information content (AvgIpc) is 3.29. The molecule has 0 aliphatic carbocycles. The predicted molar refractivity (Wildman–Crippen MR) is 141 cm³/mol. The third-order valence-electron chi connectivity index (χ3n) is 7.14. The molecule has 4 aromatic rings. The highest BCUT2D eigenvalue weighted by Gasteiger charge is 2.31. The first-order valence-corrected chi connectivity index (χ1v) is 12.7. The van der Waals surface area contributed by atoms with E-state index in [1.165, 1.54) is 52.0 Å². The van der Waals surface area contributed by atoms with E-state index in [1.807, 2.05) is 0 Å². The van der Waals surface area contributed by atoms with E-state index in [2.05, 4.69) is 105 Å². The zero-order valence-electron chi connectivity index (χ0n) is 19.0. The van der Waals surface area contributed by atoms with Crippen LogP contribution in [-0.4, -0.2) is 17.6 Å². The van der Waals surface area contributed by atoms with Crippen molar-refractivity contribution in [1.29, 1.82) is 0 Å². The summed E-state index contributed by atoms with van der Waals surface area (Å²) in [4.78, 5) is 10.4. The van der Waals surface area contributed by atoms with Crippen LogP contribution in [-0.2, 0) is 19.5 Å². The van der Waals surface area contributed by atoms with E-state index in [9.17, 15) is 0 Å². The summed E-state index contributed by atoms with van der Waals surface area (Å²) in [5.74, 6) is 0. The molecule has 1 unspecified atom stereocenters. The molecule has 4 heteroatoms. The van der Waals surface area contributed by atoms with Gasteiger partial charge in [-0.3, -0.25) is 4.98 Å². The number of pyridine rings is 1. The molecule has 3 aromatic carbocycles. The van der Waals surface area contributed by atoms with E-state index < -0.39 is 0 Å². The fourth-order valence-electron chi connectivity index (χ4n) is 5.45. The number of benzene rings is 3. The van der Waals surface area contributed by atoms with Gasteiger partial charge in [-0.1, -0.05) is 57.9 Å². The minimum atomic E-state index is 0.504. The molecule has 1 atom stereocenters. The number of anilines is 2. The minimum Gasteiger partial charge on any atom is -0.366 e. The molecule has 1 saturated heterocycles. The lowest BCUT2D eigenvalue weighted by atomic mass is 10.0. The summed E-state index contributed by atoms with van der Waals surface area (Å²) in [5.41, 5.74) is 9.02. The number of nitrogens with zero attached hydrogens (tertiary/aromatic N) is 3. The van der Waals surface area contributed by atoms with Gasteiger partial charge in [0.2, 0.25) is 0 Å². The van der Waals surface area contributed by atoms with Crippen molar-refractivity contribution in [1.82, 2.24) is 4.98 Å². The van der Waals surface area contributed by atoms with Gasteiger partial charge in [0.15, 0.2) is 0 Å². The van der Waals surface area contributed by atoms with Crippen LogP contribution in [0.25, 0.3) is 10.9 Å². The van der Waals surface area contributed by atoms with Gasteiger partial charge < -0.3 is 9.80 Å². The van der Waals surface area contributed by atoms with Crippen LogP contribution < -0.4 is 9.80 Å². The summed E-state index contributed by atoms with van der Waals surface area (Å²) in [6.07, 6.45) is 3.48. The quantitative estimate of drug-likeness (QED) is 0.296. The molecular weight excluding hydrogens is 470 g/mol. The fourth-order valence-corrected chi connectivity index (χ4v) is 5.83. The maximum atomic E-state index is 5.20. The molecule has 3 nitrogen and oxygen atoms in total. The number of aryl methyl sites for hydroxylation is 1. The zero-order chi connectivity index (χ0) is 22.4. The Morgan fingerprint density at radius 2 is 1.79 bits per heavy atom. The van der Waals surface area contributed by atoms with Crippen LogP contribution >= 0.6 is 15.9 Å². The maximum absolute atomic E-state index is 5.20. The van der Waals surface area contributed by atoms with Crippen LogP contribution in [0.4, 0.5) is 11.4 Å². The molecular formula is C29H28BrN3. The Bertz CT molecular complexity index is 1310. The summed E-state index contributed by atoms with van der Waals surface area (Å²) < 4.78 is 1.10. The van der Waals surface area contributed by atoms with Gasteiger partial charge in [-0.15, -0.1) is 0 Å². The molecule has 33 heavy (non-hydrogen) atoms. The van der Waals surface area contributed by atoms with Crippen LogP contribution in [0.5, 0.6) is 0 Å². The van der Waals surface area contributed by atoms with E-state index in [0.29, 0.717) is 6.04 Å². The van der Waals surface area contributed by atoms with Gasteiger partial charge in [0.1, 0.15) is 0 Å². The number of hydrogen-bond donors (Lipinski definition) is 0. The second-order valence-electron chi connectivity index (χ2n) is 9.46. The predicted octanol–water partition coefficient (Wildman–Crippen LogP) is 7.04. The van der Waals surface area contributed by atoms with Gasteiger partial charge in [-0.2, -0.15) is 0 Å². The third-order valence-corrected chi connectivity index (χ3v) is 7.63. The highest BCUT2D eigenvalue weighted by Crippen LogP contribution is 2.39. The van der Waals surface area contributed by atoms with Crippen molar-refractivity contribution in [3.05, 3.63) is 99.7 Å². The average molecular weight is 498 g/mol. The Kier molecular flexibility index (Phi) is 5.34. The largest absolute Gasteiger partial charge is 0.366 e. The van der Waals surface area contributed by atoms with Gasteiger partial charge in [-0.25, -0.2) is 0 Å². The van der Waals surface area contributed by atoms with E-state index in [-0.39, 0.29) is 0 Å². The van der Waals surface area contributed by atoms with Crippen molar-refractivity contribution in [2.45, 2.75) is 45.3 Å². The third kappa shape index (κ3) is 4.02. The number of hydrogen-bond acceptors (Lipinski definition) is 3. The smallest absolute Gasteiger partial charge is 0.0706 e. The molecule has 0 amide bonds. The molecule has 6 rings (SSSR count). The molecule has 2 aliphatic rings. The molecule has 0 saturated carbocycles. The second kappa shape index (κ2) is 8.49. The summed E-state index contributed by atoms with van der Waals surface area (Å²) in [6, 6.07) is 27.2. The molecule has 166 valence electrons. The van der Waals surface area contributed by atoms with Crippen LogP contribution in [0.15, 0.2) is 77.3 Å². The van der Waals surface area contributed by atoms with Gasteiger partial charge in [0.25, 0.3) is 0 Å². The van der Waals surface area contributed by atoms with Crippen molar-refractivity contribution in [3.63, 3.8) is 0 Å². The molecule has 0 spiro atoms. The van der Waals surface area contributed by atoms with Crippen LogP contribution in [0.2, 0.25) is 0 Å². The Labute approximate surface area is 204 Å². The van der Waals surface area contributed by atoms with E-state index in [1.54, 1.807) is 0 Å². The van der Waals surface area contributed by atoms with Crippen LogP contribution in [0.1, 0.15) is 35.2 Å². The molecule has 0 radical (unpaired) electrons. The lowest BCUT2D eigenvalue weighted by molar-refractivity contribution is 0.653. The van der Waals surface area contributed by atoms with Crippen molar-refractivity contribution in [3.8, 4) is 0 Å². The topological polar surface area (TPSA) is 19.4 Å². The van der Waals surface area contributed by atoms with E-state index in [4.69, 9.17) is 4.98 Å². The molecule has 1 aromatic heterocycles. The highest BCUT2D eigenvalue weighted by molar-refractivity contribution is 9.10.